The first kappa shape index (κ1) is 27.4. The number of aliphatic hydroxyl groups is 1. The van der Waals surface area contributed by atoms with E-state index in [1.165, 1.54) is 6.07 Å². The molecule has 0 bridgehead atoms. The van der Waals surface area contributed by atoms with Crippen LogP contribution in [0.3, 0.4) is 0 Å². The topological polar surface area (TPSA) is 111 Å². The van der Waals surface area contributed by atoms with Crippen molar-refractivity contribution in [2.24, 2.45) is 0 Å². The van der Waals surface area contributed by atoms with Crippen molar-refractivity contribution in [1.29, 1.82) is 0 Å². The monoisotopic (exact) mass is 523 g/mol. The lowest BCUT2D eigenvalue weighted by Gasteiger charge is -2.31. The van der Waals surface area contributed by atoms with Gasteiger partial charge in [0.2, 0.25) is 6.41 Å². The normalized spacial score (nSPS) is 20.1. The van der Waals surface area contributed by atoms with Gasteiger partial charge in [-0.1, -0.05) is 34.6 Å². The summed E-state index contributed by atoms with van der Waals surface area (Å²) in [6, 6.07) is 2.72. The van der Waals surface area contributed by atoms with Crippen LogP contribution in [0.25, 0.3) is 22.3 Å². The third kappa shape index (κ3) is 3.74. The van der Waals surface area contributed by atoms with E-state index in [0.717, 1.165) is 22.1 Å². The van der Waals surface area contributed by atoms with Crippen LogP contribution < -0.4 is 10.9 Å². The van der Waals surface area contributed by atoms with E-state index in [1.54, 1.807) is 24.5 Å². The third-order valence-corrected chi connectivity index (χ3v) is 7.65. The number of hydrogen-bond donors (Lipinski definition) is 2. The van der Waals surface area contributed by atoms with Crippen LogP contribution in [0.1, 0.15) is 86.9 Å². The lowest BCUT2D eigenvalue weighted by Crippen LogP contribution is -2.44. The van der Waals surface area contributed by atoms with Gasteiger partial charge in [-0.3, -0.25) is 9.59 Å². The fraction of sp³-hybridized carbons (Fsp3) is 0.448. The largest absolute Gasteiger partial charge is 0.458 e. The number of benzene rings is 1. The number of rotatable bonds is 3. The van der Waals surface area contributed by atoms with Crippen molar-refractivity contribution in [2.75, 3.05) is 0 Å². The Morgan fingerprint density at radius 3 is 2.58 bits per heavy atom. The molecule has 2 unspecified atom stereocenters. The molecule has 0 fully saturated rings. The van der Waals surface area contributed by atoms with Gasteiger partial charge in [0.1, 0.15) is 12.4 Å². The smallest absolute Gasteiger partial charge is 0.343 e. The van der Waals surface area contributed by atoms with E-state index in [2.05, 4.69) is 5.32 Å². The third-order valence-electron chi connectivity index (χ3n) is 7.65. The fourth-order valence-corrected chi connectivity index (χ4v) is 5.80. The van der Waals surface area contributed by atoms with Crippen LogP contribution in [0.5, 0.6) is 0 Å². The number of aryl methyl sites for hydroxylation is 1. The zero-order valence-corrected chi connectivity index (χ0v) is 22.7. The second kappa shape index (κ2) is 10.3. The molecule has 3 aromatic rings. The number of carbonyl (C=O) groups is 2. The molecule has 2 aliphatic heterocycles. The number of ether oxygens (including phenoxy) is 1. The number of hydrogen-bond acceptors (Lipinski definition) is 6. The highest BCUT2D eigenvalue weighted by Crippen LogP contribution is 2.45. The first-order valence-electron chi connectivity index (χ1n) is 13.3. The minimum Gasteiger partial charge on any atom is -0.458 e. The number of nitrogens with one attached hydrogen (secondary N) is 1. The Balaban J connectivity index is 0.000000804. The first-order chi connectivity index (χ1) is 18.3. The van der Waals surface area contributed by atoms with E-state index in [-0.39, 0.29) is 48.1 Å². The van der Waals surface area contributed by atoms with Gasteiger partial charge in [-0.15, -0.1) is 0 Å². The minimum absolute atomic E-state index is 0.0458. The average molecular weight is 524 g/mol. The lowest BCUT2D eigenvalue weighted by atomic mass is 9.81. The summed E-state index contributed by atoms with van der Waals surface area (Å²) in [4.78, 5) is 42.0. The lowest BCUT2D eigenvalue weighted by molar-refractivity contribution is -0.172. The van der Waals surface area contributed by atoms with Crippen LogP contribution >= 0.6 is 0 Å². The van der Waals surface area contributed by atoms with Crippen molar-refractivity contribution >= 4 is 23.3 Å². The Morgan fingerprint density at radius 2 is 1.92 bits per heavy atom. The number of halogens is 1. The molecule has 2 aromatic heterocycles. The van der Waals surface area contributed by atoms with Crippen LogP contribution in [0.2, 0.25) is 0 Å². The van der Waals surface area contributed by atoms with E-state index >= 15 is 0 Å². The summed E-state index contributed by atoms with van der Waals surface area (Å²) in [5, 5.41) is 14.8. The van der Waals surface area contributed by atoms with Crippen molar-refractivity contribution in [1.82, 2.24) is 14.9 Å². The molecule has 0 spiro atoms. The summed E-state index contributed by atoms with van der Waals surface area (Å²) in [6.07, 6.45) is 1.90. The number of carbonyl (C=O) groups excluding carboxylic acids is 2. The predicted octanol–water partition coefficient (Wildman–Crippen LogP) is 4.31. The second-order valence-electron chi connectivity index (χ2n) is 9.19. The fourth-order valence-electron chi connectivity index (χ4n) is 5.80. The summed E-state index contributed by atoms with van der Waals surface area (Å²) in [6.45, 7) is 11.4. The molecule has 0 saturated carbocycles. The highest BCUT2D eigenvalue weighted by atomic mass is 19.1. The van der Waals surface area contributed by atoms with E-state index in [0.29, 0.717) is 41.7 Å². The number of cyclic esters (lactones) is 1. The highest BCUT2D eigenvalue weighted by Gasteiger charge is 2.45. The van der Waals surface area contributed by atoms with Gasteiger partial charge in [0.05, 0.1) is 35.1 Å². The predicted molar refractivity (Wildman–Crippen MR) is 142 cm³/mol. The molecule has 4 heterocycles. The van der Waals surface area contributed by atoms with Gasteiger partial charge in [0, 0.05) is 22.6 Å². The van der Waals surface area contributed by atoms with Crippen LogP contribution in [0.15, 0.2) is 16.9 Å². The molecule has 8 nitrogen and oxygen atoms in total. The molecule has 38 heavy (non-hydrogen) atoms. The van der Waals surface area contributed by atoms with Gasteiger partial charge < -0.3 is 19.7 Å². The summed E-state index contributed by atoms with van der Waals surface area (Å²) in [5.41, 5.74) is 2.64. The molecule has 6 rings (SSSR count). The zero-order chi connectivity index (χ0) is 27.9. The van der Waals surface area contributed by atoms with Gasteiger partial charge in [-0.25, -0.2) is 14.2 Å². The standard InChI is InChI=1S/C25H22FN3O5.2C2H6/c1-3-25(33)15-6-19-22-13(8-29(19)23(31)14(15)9-34-24(25)32)21-17(27-10-30)5-4-12-11(2)16(26)7-18(28-22)20(12)21;2*1-2/h6-7,10,17,33H,3-5,8-9H2,1-2H3,(H,27,30);2*1-2H3. The second-order valence-corrected chi connectivity index (χ2v) is 9.19. The summed E-state index contributed by atoms with van der Waals surface area (Å²) in [7, 11) is 0. The summed E-state index contributed by atoms with van der Waals surface area (Å²) >= 11 is 0. The van der Waals surface area contributed by atoms with Gasteiger partial charge in [-0.2, -0.15) is 0 Å². The Bertz CT molecular complexity index is 1510. The van der Waals surface area contributed by atoms with Gasteiger partial charge >= 0.3 is 5.97 Å². The molecule has 1 amide bonds. The van der Waals surface area contributed by atoms with E-state index in [1.807, 2.05) is 27.7 Å². The maximum absolute atomic E-state index is 14.8. The van der Waals surface area contributed by atoms with Crippen LogP contribution in [0, 0.1) is 12.7 Å². The molecular weight excluding hydrogens is 489 g/mol. The van der Waals surface area contributed by atoms with Gasteiger partial charge in [0.15, 0.2) is 5.60 Å². The number of pyridine rings is 2. The molecule has 2 atom stereocenters. The maximum atomic E-state index is 14.8. The van der Waals surface area contributed by atoms with Crippen molar-refractivity contribution < 1.29 is 23.8 Å². The van der Waals surface area contributed by atoms with E-state index in [4.69, 9.17) is 9.72 Å². The molecule has 0 saturated heterocycles. The average Bonchev–Trinajstić information content (AvgIpc) is 3.31. The Morgan fingerprint density at radius 1 is 1.21 bits per heavy atom. The minimum atomic E-state index is -1.92. The van der Waals surface area contributed by atoms with E-state index < -0.39 is 11.6 Å². The van der Waals surface area contributed by atoms with Crippen molar-refractivity contribution in [3.8, 4) is 11.4 Å². The number of aromatic nitrogens is 2. The number of esters is 1. The molecule has 1 aromatic carbocycles. The van der Waals surface area contributed by atoms with Crippen molar-refractivity contribution in [3.63, 3.8) is 0 Å². The molecule has 0 radical (unpaired) electrons. The molecule has 3 aliphatic rings. The highest BCUT2D eigenvalue weighted by molar-refractivity contribution is 5.93. The summed E-state index contributed by atoms with van der Waals surface area (Å²) < 4.78 is 21.5. The van der Waals surface area contributed by atoms with Crippen molar-refractivity contribution in [3.05, 3.63) is 61.7 Å². The zero-order valence-electron chi connectivity index (χ0n) is 22.7. The van der Waals surface area contributed by atoms with Crippen LogP contribution in [-0.2, 0) is 39.5 Å². The quantitative estimate of drug-likeness (QED) is 0.306. The number of fused-ring (bicyclic) bond motifs is 5. The molecule has 1 aliphatic carbocycles. The molecule has 9 heteroatoms. The maximum Gasteiger partial charge on any atom is 0.343 e. The Labute approximate surface area is 220 Å². The van der Waals surface area contributed by atoms with Crippen LogP contribution in [-0.4, -0.2) is 27.0 Å². The van der Waals surface area contributed by atoms with Gasteiger partial charge in [-0.05, 0) is 48.9 Å². The first-order valence-corrected chi connectivity index (χ1v) is 13.3. The Hall–Kier alpha value is -3.59. The van der Waals surface area contributed by atoms with E-state index in [9.17, 15) is 23.9 Å². The van der Waals surface area contributed by atoms with Crippen molar-refractivity contribution in [2.45, 2.75) is 85.6 Å². The molecule has 2 N–H and O–H groups in total. The molecular formula is C29H34FN3O5. The number of nitrogens with zero attached hydrogens (tertiary/aromatic N) is 2. The van der Waals surface area contributed by atoms with Gasteiger partial charge in [0.25, 0.3) is 5.56 Å². The molecule has 202 valence electrons. The summed E-state index contributed by atoms with van der Waals surface area (Å²) in [5.74, 6) is -1.14. The number of amides is 1. The van der Waals surface area contributed by atoms with Crippen LogP contribution in [0.4, 0.5) is 4.39 Å². The Kier molecular flexibility index (Phi) is 7.43. The SMILES string of the molecule is CC.CC.CCC1(O)C(=O)OCc2c1cc1n(c2=O)Cc2c-1nc1cc(F)c(C)c3c1c2C(NC=O)CC3.